The molecule has 1 aliphatic carbocycles. The van der Waals surface area contributed by atoms with Gasteiger partial charge in [0.25, 0.3) is 0 Å². The summed E-state index contributed by atoms with van der Waals surface area (Å²) >= 11 is 36.8. The van der Waals surface area contributed by atoms with Crippen LogP contribution < -0.4 is 5.32 Å². The molecule has 3 aromatic rings. The Balaban J connectivity index is 1.50. The van der Waals surface area contributed by atoms with E-state index in [2.05, 4.69) is 15.3 Å². The lowest BCUT2D eigenvalue weighted by Crippen LogP contribution is -2.17. The molecule has 5 nitrogen and oxygen atoms in total. The van der Waals surface area contributed by atoms with Crippen LogP contribution in [0.3, 0.4) is 0 Å². The van der Waals surface area contributed by atoms with Crippen molar-refractivity contribution in [3.05, 3.63) is 85.8 Å². The predicted molar refractivity (Wildman–Crippen MR) is 132 cm³/mol. The van der Waals surface area contributed by atoms with Gasteiger partial charge in [0.2, 0.25) is 11.2 Å². The van der Waals surface area contributed by atoms with E-state index in [1.807, 2.05) is 0 Å². The quantitative estimate of drug-likeness (QED) is 0.198. The zero-order valence-corrected chi connectivity index (χ0v) is 21.0. The maximum Gasteiger partial charge on any atom is 0.231 e. The fraction of sp³-hybridized carbons (Fsp3) is 0.182. The van der Waals surface area contributed by atoms with Gasteiger partial charge < -0.3 is 5.32 Å². The summed E-state index contributed by atoms with van der Waals surface area (Å²) in [6.07, 6.45) is 2.94. The van der Waals surface area contributed by atoms with Crippen molar-refractivity contribution in [1.29, 1.82) is 0 Å². The van der Waals surface area contributed by atoms with Crippen molar-refractivity contribution in [2.24, 2.45) is 5.92 Å². The summed E-state index contributed by atoms with van der Waals surface area (Å²) in [5.41, 5.74) is 1.85. The first-order valence-corrected chi connectivity index (χ1v) is 11.8. The summed E-state index contributed by atoms with van der Waals surface area (Å²) < 4.78 is -1.32. The molecule has 0 saturated heterocycles. The highest BCUT2D eigenvalue weighted by Gasteiger charge is 2.67. The number of carbonyl (C=O) groups is 2. The third-order valence-corrected chi connectivity index (χ3v) is 7.05. The Labute approximate surface area is 219 Å². The number of halogens is 6. The van der Waals surface area contributed by atoms with Gasteiger partial charge in [-0.3, -0.25) is 9.59 Å². The lowest BCUT2D eigenvalue weighted by molar-refractivity contribution is -0.117. The number of nitrogens with one attached hydrogen (secondary N) is 1. The van der Waals surface area contributed by atoms with Gasteiger partial charge in [0.05, 0.1) is 10.9 Å². The molecule has 1 aliphatic rings. The molecule has 170 valence electrons. The molecule has 0 spiro atoms. The highest BCUT2D eigenvalue weighted by molar-refractivity contribution is 6.53. The third-order valence-electron chi connectivity index (χ3n) is 5.15. The smallest absolute Gasteiger partial charge is 0.231 e. The number of nitrogens with zero attached hydrogens (tertiary/aromatic N) is 2. The maximum absolute atomic E-state index is 12.9. The van der Waals surface area contributed by atoms with Gasteiger partial charge in [-0.25, -0.2) is 9.97 Å². The molecule has 4 rings (SSSR count). The molecule has 1 N–H and O–H groups in total. The number of aromatic nitrogens is 2. The molecule has 33 heavy (non-hydrogen) atoms. The first kappa shape index (κ1) is 24.5. The van der Waals surface area contributed by atoms with Crippen molar-refractivity contribution < 1.29 is 9.59 Å². The van der Waals surface area contributed by atoms with Crippen LogP contribution in [0.15, 0.2) is 48.8 Å². The molecule has 1 amide bonds. The molecule has 1 heterocycles. The van der Waals surface area contributed by atoms with Crippen molar-refractivity contribution >= 4 is 87.0 Å². The van der Waals surface area contributed by atoms with Gasteiger partial charge in [-0.2, -0.15) is 0 Å². The van der Waals surface area contributed by atoms with Crippen molar-refractivity contribution in [2.45, 2.75) is 16.7 Å². The average molecular weight is 564 g/mol. The van der Waals surface area contributed by atoms with Crippen molar-refractivity contribution in [1.82, 2.24) is 9.97 Å². The van der Waals surface area contributed by atoms with Crippen LogP contribution in [-0.2, 0) is 11.2 Å². The first-order chi connectivity index (χ1) is 15.6. The zero-order valence-electron chi connectivity index (χ0n) is 16.5. The van der Waals surface area contributed by atoms with Crippen LogP contribution in [0.25, 0.3) is 0 Å². The van der Waals surface area contributed by atoms with Crippen molar-refractivity contribution in [3.63, 3.8) is 0 Å². The summed E-state index contributed by atoms with van der Waals surface area (Å²) in [5.74, 6) is -1.91. The molecule has 0 aliphatic heterocycles. The highest BCUT2D eigenvalue weighted by Crippen LogP contribution is 2.65. The highest BCUT2D eigenvalue weighted by atomic mass is 35.5. The molecule has 1 saturated carbocycles. The number of hydrogen-bond acceptors (Lipinski definition) is 4. The van der Waals surface area contributed by atoms with E-state index in [4.69, 9.17) is 69.6 Å². The number of hydrogen-bond donors (Lipinski definition) is 1. The summed E-state index contributed by atoms with van der Waals surface area (Å²) in [4.78, 5) is 33.4. The van der Waals surface area contributed by atoms with E-state index in [-0.39, 0.29) is 28.1 Å². The lowest BCUT2D eigenvalue weighted by atomic mass is 10.0. The van der Waals surface area contributed by atoms with Crippen LogP contribution in [0, 0.1) is 5.92 Å². The molecule has 11 heteroatoms. The number of amides is 1. The van der Waals surface area contributed by atoms with Gasteiger partial charge >= 0.3 is 0 Å². The average Bonchev–Trinajstić information content (AvgIpc) is 3.32. The molecule has 2 atom stereocenters. The fourth-order valence-electron chi connectivity index (χ4n) is 3.57. The Morgan fingerprint density at radius 2 is 1.58 bits per heavy atom. The second kappa shape index (κ2) is 9.57. The lowest BCUT2D eigenvalue weighted by Gasteiger charge is -2.09. The third kappa shape index (κ3) is 5.40. The fourth-order valence-corrected chi connectivity index (χ4v) is 5.26. The number of benzene rings is 2. The standard InChI is InChI=1S/C22H13Cl6N3O2/c23-12-4-11(5-13(24)6-12)18-19(22(18,27)28)20(33)31-14-1-2-16(25)15(7-14)17(32)3-10-8-29-21(26)30-9-10/h1-2,4-9,18-19H,3H2,(H,31,33). The number of carbonyl (C=O) groups excluding carboxylic acids is 2. The Kier molecular flexibility index (Phi) is 7.11. The van der Waals surface area contributed by atoms with E-state index in [1.54, 1.807) is 24.3 Å². The molecule has 2 unspecified atom stereocenters. The van der Waals surface area contributed by atoms with E-state index in [1.165, 1.54) is 24.5 Å². The van der Waals surface area contributed by atoms with E-state index in [9.17, 15) is 9.59 Å². The minimum Gasteiger partial charge on any atom is -0.326 e. The maximum atomic E-state index is 12.9. The van der Waals surface area contributed by atoms with Gasteiger partial charge in [0, 0.05) is 46.0 Å². The second-order valence-corrected chi connectivity index (χ2v) is 10.5. The molecule has 0 radical (unpaired) electrons. The molecule has 2 aromatic carbocycles. The van der Waals surface area contributed by atoms with E-state index < -0.39 is 22.1 Å². The Bertz CT molecular complexity index is 1230. The van der Waals surface area contributed by atoms with Crippen molar-refractivity contribution in [3.8, 4) is 0 Å². The normalized spacial score (nSPS) is 18.6. The summed E-state index contributed by atoms with van der Waals surface area (Å²) in [7, 11) is 0. The minimum atomic E-state index is -1.32. The molecule has 1 aromatic heterocycles. The number of anilines is 1. The number of alkyl halides is 2. The topological polar surface area (TPSA) is 72.0 Å². The van der Waals surface area contributed by atoms with Gasteiger partial charge in [-0.05, 0) is 59.1 Å². The van der Waals surface area contributed by atoms with Crippen LogP contribution in [0.1, 0.15) is 27.4 Å². The number of rotatable bonds is 6. The Hall–Kier alpha value is -1.60. The first-order valence-electron chi connectivity index (χ1n) is 9.50. The second-order valence-electron chi connectivity index (χ2n) is 7.48. The van der Waals surface area contributed by atoms with E-state index in [0.717, 1.165) is 0 Å². The molecule has 1 fully saturated rings. The predicted octanol–water partition coefficient (Wildman–Crippen LogP) is 7.04. The van der Waals surface area contributed by atoms with Gasteiger partial charge in [-0.1, -0.05) is 34.8 Å². The minimum absolute atomic E-state index is 0.0149. The summed E-state index contributed by atoms with van der Waals surface area (Å²) in [5, 5.41) is 3.92. The van der Waals surface area contributed by atoms with Gasteiger partial charge in [-0.15, -0.1) is 23.2 Å². The monoisotopic (exact) mass is 561 g/mol. The number of Topliss-reactive ketones (excluding diaryl/α,β-unsaturated/α-hetero) is 1. The Morgan fingerprint density at radius 3 is 2.21 bits per heavy atom. The SMILES string of the molecule is O=C(Cc1cnc(Cl)nc1)c1cc(NC(=O)C2C(c3cc(Cl)cc(Cl)c3)C2(Cl)Cl)ccc1Cl. The van der Waals surface area contributed by atoms with E-state index >= 15 is 0 Å². The largest absolute Gasteiger partial charge is 0.326 e. The molecule has 0 bridgehead atoms. The van der Waals surface area contributed by atoms with Gasteiger partial charge in [0.1, 0.15) is 4.33 Å². The van der Waals surface area contributed by atoms with Crippen LogP contribution in [0.5, 0.6) is 0 Å². The van der Waals surface area contributed by atoms with Crippen LogP contribution in [0.2, 0.25) is 20.4 Å². The van der Waals surface area contributed by atoms with Crippen LogP contribution in [-0.4, -0.2) is 26.0 Å². The van der Waals surface area contributed by atoms with Gasteiger partial charge in [0.15, 0.2) is 5.78 Å². The van der Waals surface area contributed by atoms with Crippen LogP contribution >= 0.6 is 69.6 Å². The zero-order chi connectivity index (χ0) is 23.9. The number of ketones is 1. The Morgan fingerprint density at radius 1 is 0.939 bits per heavy atom. The summed E-state index contributed by atoms with van der Waals surface area (Å²) in [6.45, 7) is 0. The van der Waals surface area contributed by atoms with Crippen LogP contribution in [0.4, 0.5) is 5.69 Å². The molecular weight excluding hydrogens is 551 g/mol. The molecular formula is C22H13Cl6N3O2. The van der Waals surface area contributed by atoms with E-state index in [0.29, 0.717) is 26.9 Å². The summed E-state index contributed by atoms with van der Waals surface area (Å²) in [6, 6.07) is 9.53. The van der Waals surface area contributed by atoms with Crippen molar-refractivity contribution in [2.75, 3.05) is 5.32 Å².